The van der Waals surface area contributed by atoms with Gasteiger partial charge in [0.1, 0.15) is 0 Å². The highest BCUT2D eigenvalue weighted by Crippen LogP contribution is 2.17. The third-order valence-electron chi connectivity index (χ3n) is 3.04. The Bertz CT molecular complexity index is 464. The first-order valence-corrected chi connectivity index (χ1v) is 5.86. The van der Waals surface area contributed by atoms with Crippen molar-refractivity contribution in [3.8, 4) is 0 Å². The zero-order valence-electron chi connectivity index (χ0n) is 10.3. The first-order chi connectivity index (χ1) is 8.49. The third kappa shape index (κ3) is 2.51. The maximum atomic E-state index is 13.1. The summed E-state index contributed by atoms with van der Waals surface area (Å²) < 4.78 is 31.4. The van der Waals surface area contributed by atoms with Crippen LogP contribution in [0.5, 0.6) is 0 Å². The molecule has 1 fully saturated rings. The number of hydrogen-bond acceptors (Lipinski definition) is 2. The smallest absolute Gasteiger partial charge is 0.254 e. The monoisotopic (exact) mass is 255 g/mol. The number of nitrogens with zero attached hydrogens (tertiary/aromatic N) is 1. The molecular weight excluding hydrogens is 240 g/mol. The molecule has 0 bridgehead atoms. The molecule has 0 spiro atoms. The molecule has 0 N–H and O–H groups in total. The van der Waals surface area contributed by atoms with E-state index in [4.69, 9.17) is 4.74 Å². The highest BCUT2D eigenvalue weighted by molar-refractivity contribution is 5.94. The Morgan fingerprint density at radius 3 is 2.72 bits per heavy atom. The van der Waals surface area contributed by atoms with Gasteiger partial charge < -0.3 is 9.64 Å². The fourth-order valence-corrected chi connectivity index (χ4v) is 1.98. The molecular formula is C13H15F2NO2. The number of rotatable bonds is 1. The minimum atomic E-state index is -1.00. The number of carbonyl (C=O) groups is 1. The van der Waals surface area contributed by atoms with Crippen molar-refractivity contribution >= 4 is 5.91 Å². The lowest BCUT2D eigenvalue weighted by atomic mass is 10.1. The molecule has 1 heterocycles. The maximum absolute atomic E-state index is 13.1. The molecule has 1 aliphatic rings. The van der Waals surface area contributed by atoms with Gasteiger partial charge in [0.05, 0.1) is 18.8 Å². The van der Waals surface area contributed by atoms with E-state index in [0.717, 1.165) is 12.1 Å². The molecule has 0 aromatic heterocycles. The van der Waals surface area contributed by atoms with E-state index >= 15 is 0 Å². The van der Waals surface area contributed by atoms with Crippen LogP contribution in [0.15, 0.2) is 18.2 Å². The minimum Gasteiger partial charge on any atom is -0.375 e. The Balaban J connectivity index is 2.21. The molecule has 0 radical (unpaired) electrons. The van der Waals surface area contributed by atoms with E-state index in [1.165, 1.54) is 6.07 Å². The molecule has 1 aromatic carbocycles. The molecule has 2 atom stereocenters. The van der Waals surface area contributed by atoms with E-state index in [1.54, 1.807) is 4.90 Å². The van der Waals surface area contributed by atoms with E-state index in [-0.39, 0.29) is 23.6 Å². The number of morpholine rings is 1. The van der Waals surface area contributed by atoms with Crippen LogP contribution in [-0.2, 0) is 4.74 Å². The van der Waals surface area contributed by atoms with Gasteiger partial charge >= 0.3 is 0 Å². The van der Waals surface area contributed by atoms with E-state index in [2.05, 4.69) is 0 Å². The molecule has 18 heavy (non-hydrogen) atoms. The van der Waals surface area contributed by atoms with Crippen molar-refractivity contribution in [2.24, 2.45) is 0 Å². The van der Waals surface area contributed by atoms with Crippen molar-refractivity contribution < 1.29 is 18.3 Å². The topological polar surface area (TPSA) is 29.5 Å². The highest BCUT2D eigenvalue weighted by Gasteiger charge is 2.28. The van der Waals surface area contributed by atoms with Crippen LogP contribution in [0, 0.1) is 11.6 Å². The predicted octanol–water partition coefficient (Wildman–Crippen LogP) is 2.21. The Morgan fingerprint density at radius 1 is 1.33 bits per heavy atom. The molecule has 98 valence electrons. The molecule has 3 nitrogen and oxygen atoms in total. The van der Waals surface area contributed by atoms with Crippen molar-refractivity contribution in [3.63, 3.8) is 0 Å². The quantitative estimate of drug-likeness (QED) is 0.770. The first-order valence-electron chi connectivity index (χ1n) is 5.86. The van der Waals surface area contributed by atoms with Crippen LogP contribution in [0.3, 0.4) is 0 Å². The third-order valence-corrected chi connectivity index (χ3v) is 3.04. The van der Waals surface area contributed by atoms with Crippen LogP contribution < -0.4 is 0 Å². The lowest BCUT2D eigenvalue weighted by Crippen LogP contribution is -2.50. The summed E-state index contributed by atoms with van der Waals surface area (Å²) in [5.74, 6) is -2.25. The highest BCUT2D eigenvalue weighted by atomic mass is 19.2. The normalized spacial score (nSPS) is 24.1. The Hall–Kier alpha value is -1.49. The lowest BCUT2D eigenvalue weighted by molar-refractivity contribution is -0.0387. The standard InChI is InChI=1S/C13H15F2NO2/c1-8-7-18-9(2)6-16(8)13(17)10-3-4-11(14)12(15)5-10/h3-5,8-9H,6-7H2,1-2H3/t8-,9+/m1/s1. The molecule has 1 aliphatic heterocycles. The fourth-order valence-electron chi connectivity index (χ4n) is 1.98. The molecule has 0 aliphatic carbocycles. The van der Waals surface area contributed by atoms with Gasteiger partial charge in [-0.1, -0.05) is 0 Å². The number of carbonyl (C=O) groups excluding carboxylic acids is 1. The Morgan fingerprint density at radius 2 is 2.06 bits per heavy atom. The summed E-state index contributed by atoms with van der Waals surface area (Å²) in [7, 11) is 0. The predicted molar refractivity (Wildman–Crippen MR) is 62.3 cm³/mol. The van der Waals surface area contributed by atoms with Gasteiger partial charge in [-0.2, -0.15) is 0 Å². The van der Waals surface area contributed by atoms with Gasteiger partial charge in [-0.3, -0.25) is 4.79 Å². The molecule has 1 saturated heterocycles. The lowest BCUT2D eigenvalue weighted by Gasteiger charge is -2.36. The van der Waals surface area contributed by atoms with Crippen molar-refractivity contribution in [1.29, 1.82) is 0 Å². The number of halogens is 2. The summed E-state index contributed by atoms with van der Waals surface area (Å²) in [6, 6.07) is 3.14. The summed E-state index contributed by atoms with van der Waals surface area (Å²) in [4.78, 5) is 13.8. The molecule has 2 rings (SSSR count). The summed E-state index contributed by atoms with van der Waals surface area (Å²) in [6.07, 6.45) is -0.0459. The Kier molecular flexibility index (Phi) is 3.61. The second-order valence-electron chi connectivity index (χ2n) is 4.58. The van der Waals surface area contributed by atoms with Gasteiger partial charge in [-0.25, -0.2) is 8.78 Å². The molecule has 0 saturated carbocycles. The number of amides is 1. The van der Waals surface area contributed by atoms with Crippen molar-refractivity contribution in [1.82, 2.24) is 4.90 Å². The van der Waals surface area contributed by atoms with Crippen LogP contribution in [0.25, 0.3) is 0 Å². The fraction of sp³-hybridized carbons (Fsp3) is 0.462. The number of ether oxygens (including phenoxy) is 1. The van der Waals surface area contributed by atoms with Gasteiger partial charge in [0.25, 0.3) is 5.91 Å². The maximum Gasteiger partial charge on any atom is 0.254 e. The summed E-state index contributed by atoms with van der Waals surface area (Å²) in [5.41, 5.74) is 0.162. The van der Waals surface area contributed by atoms with Crippen LogP contribution >= 0.6 is 0 Å². The summed E-state index contributed by atoms with van der Waals surface area (Å²) >= 11 is 0. The van der Waals surface area contributed by atoms with Crippen molar-refractivity contribution in [3.05, 3.63) is 35.4 Å². The first kappa shape index (κ1) is 13.0. The largest absolute Gasteiger partial charge is 0.375 e. The average Bonchev–Trinajstić information content (AvgIpc) is 2.35. The van der Waals surface area contributed by atoms with E-state index in [1.807, 2.05) is 13.8 Å². The van der Waals surface area contributed by atoms with Gasteiger partial charge in [-0.05, 0) is 32.0 Å². The van der Waals surface area contributed by atoms with Gasteiger partial charge in [0, 0.05) is 12.1 Å². The SMILES string of the molecule is C[C@@H]1CO[C@@H](C)CN1C(=O)c1ccc(F)c(F)c1. The number of benzene rings is 1. The van der Waals surface area contributed by atoms with Crippen LogP contribution in [0.1, 0.15) is 24.2 Å². The molecule has 1 amide bonds. The van der Waals surface area contributed by atoms with E-state index in [0.29, 0.717) is 13.2 Å². The second-order valence-corrected chi connectivity index (χ2v) is 4.58. The van der Waals surface area contributed by atoms with E-state index < -0.39 is 11.6 Å². The van der Waals surface area contributed by atoms with E-state index in [9.17, 15) is 13.6 Å². The van der Waals surface area contributed by atoms with Gasteiger partial charge in [0.2, 0.25) is 0 Å². The second kappa shape index (κ2) is 5.02. The Labute approximate surface area is 104 Å². The van der Waals surface area contributed by atoms with Gasteiger partial charge in [-0.15, -0.1) is 0 Å². The zero-order valence-corrected chi connectivity index (χ0v) is 10.3. The average molecular weight is 255 g/mol. The zero-order chi connectivity index (χ0) is 13.3. The van der Waals surface area contributed by atoms with Crippen LogP contribution in [0.2, 0.25) is 0 Å². The van der Waals surface area contributed by atoms with Crippen LogP contribution in [0.4, 0.5) is 8.78 Å². The molecule has 0 unspecified atom stereocenters. The van der Waals surface area contributed by atoms with Gasteiger partial charge in [0.15, 0.2) is 11.6 Å². The van der Waals surface area contributed by atoms with Crippen molar-refractivity contribution in [2.75, 3.05) is 13.2 Å². The van der Waals surface area contributed by atoms with Crippen molar-refractivity contribution in [2.45, 2.75) is 26.0 Å². The minimum absolute atomic E-state index is 0.0459. The molecule has 1 aromatic rings. The summed E-state index contributed by atoms with van der Waals surface area (Å²) in [5, 5.41) is 0. The summed E-state index contributed by atoms with van der Waals surface area (Å²) in [6.45, 7) is 4.65. The van der Waals surface area contributed by atoms with Crippen LogP contribution in [-0.4, -0.2) is 36.1 Å². The number of hydrogen-bond donors (Lipinski definition) is 0. The molecule has 5 heteroatoms.